The minimum Gasteiger partial charge on any atom is -0.457 e. The van der Waals surface area contributed by atoms with Crippen LogP contribution in [0.4, 0.5) is 5.00 Å². The molecular weight excluding hydrogens is 458 g/mol. The Morgan fingerprint density at radius 3 is 2.26 bits per heavy atom. The van der Waals surface area contributed by atoms with Crippen LogP contribution < -0.4 is 15.8 Å². The molecule has 4 aromatic rings. The van der Waals surface area contributed by atoms with Crippen molar-refractivity contribution in [3.8, 4) is 11.5 Å². The van der Waals surface area contributed by atoms with Crippen LogP contribution in [0.1, 0.15) is 36.7 Å². The minimum atomic E-state index is -0.513. The predicted octanol–water partition coefficient (Wildman–Crippen LogP) is 5.45. The fourth-order valence-electron chi connectivity index (χ4n) is 4.26. The van der Waals surface area contributed by atoms with Gasteiger partial charge in [0.2, 0.25) is 0 Å². The lowest BCUT2D eigenvalue weighted by Crippen LogP contribution is -2.30. The Hall–Kier alpha value is -3.94. The van der Waals surface area contributed by atoms with Crippen molar-refractivity contribution >= 4 is 28.2 Å². The molecule has 1 aliphatic rings. The number of anilines is 1. The number of nitrogens with two attached hydrogens (primary N) is 1. The number of carbonyl (C=O) groups excluding carboxylic acids is 2. The molecule has 35 heavy (non-hydrogen) atoms. The van der Waals surface area contributed by atoms with Gasteiger partial charge in [0.05, 0.1) is 5.56 Å². The summed E-state index contributed by atoms with van der Waals surface area (Å²) in [5, 5.41) is 3.43. The first kappa shape index (κ1) is 22.8. The third-order valence-electron chi connectivity index (χ3n) is 5.95. The van der Waals surface area contributed by atoms with Crippen molar-refractivity contribution in [2.75, 3.05) is 11.9 Å². The highest BCUT2D eigenvalue weighted by Gasteiger charge is 2.28. The van der Waals surface area contributed by atoms with Crippen LogP contribution in [0.25, 0.3) is 0 Å². The van der Waals surface area contributed by atoms with Gasteiger partial charge in [-0.2, -0.15) is 0 Å². The Bertz CT molecular complexity index is 1340. The molecule has 3 N–H and O–H groups in total. The van der Waals surface area contributed by atoms with Gasteiger partial charge >= 0.3 is 0 Å². The van der Waals surface area contributed by atoms with Crippen molar-refractivity contribution in [2.45, 2.75) is 19.5 Å². The Morgan fingerprint density at radius 1 is 0.914 bits per heavy atom. The molecule has 0 radical (unpaired) electrons. The highest BCUT2D eigenvalue weighted by Crippen LogP contribution is 2.37. The van der Waals surface area contributed by atoms with E-state index in [4.69, 9.17) is 10.5 Å². The van der Waals surface area contributed by atoms with E-state index in [0.29, 0.717) is 21.9 Å². The molecule has 1 aliphatic heterocycles. The van der Waals surface area contributed by atoms with Gasteiger partial charge in [-0.15, -0.1) is 11.3 Å². The fourth-order valence-corrected chi connectivity index (χ4v) is 5.55. The summed E-state index contributed by atoms with van der Waals surface area (Å²) in [7, 11) is 0. The van der Waals surface area contributed by atoms with Gasteiger partial charge in [0, 0.05) is 30.1 Å². The number of benzene rings is 3. The van der Waals surface area contributed by atoms with Gasteiger partial charge in [-0.25, -0.2) is 0 Å². The third-order valence-corrected chi connectivity index (χ3v) is 7.09. The summed E-state index contributed by atoms with van der Waals surface area (Å²) in [5.74, 6) is 0.552. The maximum atomic E-state index is 13.0. The number of fused-ring (bicyclic) bond motifs is 1. The third kappa shape index (κ3) is 5.26. The summed E-state index contributed by atoms with van der Waals surface area (Å²) in [5.41, 5.74) is 8.84. The van der Waals surface area contributed by atoms with Gasteiger partial charge < -0.3 is 15.8 Å². The first-order valence-electron chi connectivity index (χ1n) is 11.4. The van der Waals surface area contributed by atoms with E-state index in [2.05, 4.69) is 22.3 Å². The number of hydrogen-bond donors (Lipinski definition) is 2. The zero-order valence-corrected chi connectivity index (χ0v) is 19.9. The molecule has 2 amide bonds. The number of hydrogen-bond acceptors (Lipinski definition) is 5. The molecule has 0 fully saturated rings. The van der Waals surface area contributed by atoms with E-state index in [-0.39, 0.29) is 5.91 Å². The fraction of sp³-hybridized carbons (Fsp3) is 0.143. The zero-order chi connectivity index (χ0) is 24.2. The van der Waals surface area contributed by atoms with Crippen molar-refractivity contribution in [1.82, 2.24) is 4.90 Å². The molecule has 0 saturated heterocycles. The highest BCUT2D eigenvalue weighted by molar-refractivity contribution is 7.17. The number of carbonyl (C=O) groups is 2. The molecule has 0 aliphatic carbocycles. The number of para-hydroxylation sites is 1. The monoisotopic (exact) mass is 483 g/mol. The number of nitrogens with zero attached hydrogens (tertiary/aromatic N) is 1. The molecular formula is C28H25N3O3S. The van der Waals surface area contributed by atoms with Gasteiger partial charge in [0.25, 0.3) is 11.8 Å². The van der Waals surface area contributed by atoms with Crippen molar-refractivity contribution in [2.24, 2.45) is 5.73 Å². The van der Waals surface area contributed by atoms with E-state index < -0.39 is 5.91 Å². The van der Waals surface area contributed by atoms with E-state index >= 15 is 0 Å². The smallest absolute Gasteiger partial charge is 0.256 e. The molecule has 2 heterocycles. The van der Waals surface area contributed by atoms with Gasteiger partial charge in [0.15, 0.2) is 0 Å². The number of amides is 2. The van der Waals surface area contributed by atoms with Crippen LogP contribution in [0.3, 0.4) is 0 Å². The van der Waals surface area contributed by atoms with E-state index in [1.807, 2.05) is 48.5 Å². The molecule has 0 spiro atoms. The summed E-state index contributed by atoms with van der Waals surface area (Å²) in [4.78, 5) is 28.7. The lowest BCUT2D eigenvalue weighted by atomic mass is 10.0. The molecule has 0 saturated carbocycles. The standard InChI is InChI=1S/C28H25N3O3S/c29-26(32)25-23-15-16-31(17-19-7-3-1-4-8-19)18-24(23)35-28(25)30-27(33)20-11-13-22(14-12-20)34-21-9-5-2-6-10-21/h1-14H,15-18H2,(H2,29,32)(H,30,33). The normalized spacial score (nSPS) is 13.1. The Morgan fingerprint density at radius 2 is 1.57 bits per heavy atom. The molecule has 3 aromatic carbocycles. The van der Waals surface area contributed by atoms with Crippen LogP contribution in [-0.4, -0.2) is 23.3 Å². The average molecular weight is 484 g/mol. The summed E-state index contributed by atoms with van der Waals surface area (Å²) in [6.07, 6.45) is 0.721. The SMILES string of the molecule is NC(=O)c1c(NC(=O)c2ccc(Oc3ccccc3)cc2)sc2c1CCN(Cc1ccccc1)C2. The Labute approximate surface area is 208 Å². The van der Waals surface area contributed by atoms with Crippen LogP contribution in [-0.2, 0) is 19.5 Å². The average Bonchev–Trinajstić information content (AvgIpc) is 3.23. The summed E-state index contributed by atoms with van der Waals surface area (Å²) >= 11 is 1.43. The lowest BCUT2D eigenvalue weighted by molar-refractivity contribution is 0.0999. The molecule has 6 nitrogen and oxygen atoms in total. The second-order valence-electron chi connectivity index (χ2n) is 8.41. The number of rotatable bonds is 7. The second kappa shape index (κ2) is 10.1. The number of primary amides is 1. The van der Waals surface area contributed by atoms with Crippen molar-refractivity contribution in [1.29, 1.82) is 0 Å². The number of ether oxygens (including phenoxy) is 1. The molecule has 7 heteroatoms. The zero-order valence-electron chi connectivity index (χ0n) is 19.1. The van der Waals surface area contributed by atoms with Gasteiger partial charge in [-0.05, 0) is 53.9 Å². The van der Waals surface area contributed by atoms with E-state index in [9.17, 15) is 9.59 Å². The first-order valence-corrected chi connectivity index (χ1v) is 12.2. The summed E-state index contributed by atoms with van der Waals surface area (Å²) in [6.45, 7) is 2.38. The molecule has 176 valence electrons. The Balaban J connectivity index is 1.30. The summed E-state index contributed by atoms with van der Waals surface area (Å²) < 4.78 is 5.79. The van der Waals surface area contributed by atoms with E-state index in [1.54, 1.807) is 24.3 Å². The summed E-state index contributed by atoms with van der Waals surface area (Å²) in [6, 6.07) is 26.7. The quantitative estimate of drug-likeness (QED) is 0.366. The molecule has 0 bridgehead atoms. The van der Waals surface area contributed by atoms with Crippen molar-refractivity contribution in [3.63, 3.8) is 0 Å². The molecule has 5 rings (SSSR count). The number of nitrogens with one attached hydrogen (secondary N) is 1. The second-order valence-corrected chi connectivity index (χ2v) is 9.52. The molecule has 0 atom stereocenters. The van der Waals surface area contributed by atoms with Crippen LogP contribution in [0.15, 0.2) is 84.9 Å². The van der Waals surface area contributed by atoms with Crippen molar-refractivity contribution < 1.29 is 14.3 Å². The van der Waals surface area contributed by atoms with Gasteiger partial charge in [0.1, 0.15) is 16.5 Å². The molecule has 0 unspecified atom stereocenters. The number of thiophene rings is 1. The first-order chi connectivity index (χ1) is 17.1. The maximum Gasteiger partial charge on any atom is 0.256 e. The van der Waals surface area contributed by atoms with Gasteiger partial charge in [-0.1, -0.05) is 48.5 Å². The van der Waals surface area contributed by atoms with Crippen LogP contribution >= 0.6 is 11.3 Å². The van der Waals surface area contributed by atoms with Crippen LogP contribution in [0.5, 0.6) is 11.5 Å². The van der Waals surface area contributed by atoms with E-state index in [1.165, 1.54) is 16.9 Å². The Kier molecular flexibility index (Phi) is 6.61. The van der Waals surface area contributed by atoms with Crippen LogP contribution in [0.2, 0.25) is 0 Å². The maximum absolute atomic E-state index is 13.0. The largest absolute Gasteiger partial charge is 0.457 e. The van der Waals surface area contributed by atoms with E-state index in [0.717, 1.165) is 42.2 Å². The van der Waals surface area contributed by atoms with Crippen LogP contribution in [0, 0.1) is 0 Å². The molecule has 1 aromatic heterocycles. The highest BCUT2D eigenvalue weighted by atomic mass is 32.1. The minimum absolute atomic E-state index is 0.293. The predicted molar refractivity (Wildman–Crippen MR) is 138 cm³/mol. The topological polar surface area (TPSA) is 84.7 Å². The lowest BCUT2D eigenvalue weighted by Gasteiger charge is -2.27. The van der Waals surface area contributed by atoms with Crippen molar-refractivity contribution in [3.05, 3.63) is 112 Å². The van der Waals surface area contributed by atoms with Gasteiger partial charge in [-0.3, -0.25) is 14.5 Å².